The molecule has 1 aromatic heterocycles. The van der Waals surface area contributed by atoms with Crippen molar-refractivity contribution in [1.29, 1.82) is 0 Å². The summed E-state index contributed by atoms with van der Waals surface area (Å²) in [6.07, 6.45) is -6.20. The van der Waals surface area contributed by atoms with Gasteiger partial charge in [0.2, 0.25) is 5.91 Å². The fourth-order valence-electron chi connectivity index (χ4n) is 4.23. The maximum Gasteiger partial charge on any atom is 0.420 e. The highest BCUT2D eigenvalue weighted by Crippen LogP contribution is 2.48. The number of nitrogens with one attached hydrogen (secondary N) is 2. The SMILES string of the molecule is CCCCC(CC)C(=O)Nc1cc(C(F)(F)F)c(Oc2ccc3[nH]cc(C(C)C)c3c2)c(C(F)(F)F)c1. The Bertz CT molecular complexity index is 1210. The Morgan fingerprint density at radius 3 is 2.14 bits per heavy atom. The Morgan fingerprint density at radius 1 is 1.00 bits per heavy atom. The van der Waals surface area contributed by atoms with Gasteiger partial charge in [0.15, 0.2) is 5.75 Å². The van der Waals surface area contributed by atoms with E-state index in [1.54, 1.807) is 13.1 Å². The van der Waals surface area contributed by atoms with Crippen LogP contribution in [0.5, 0.6) is 11.5 Å². The lowest BCUT2D eigenvalue weighted by molar-refractivity contribution is -0.145. The van der Waals surface area contributed by atoms with Gasteiger partial charge in [0.05, 0.1) is 0 Å². The molecular weight excluding hydrogens is 498 g/mol. The van der Waals surface area contributed by atoms with Gasteiger partial charge in [-0.3, -0.25) is 4.79 Å². The molecule has 0 saturated carbocycles. The van der Waals surface area contributed by atoms with Crippen molar-refractivity contribution in [3.05, 3.63) is 53.2 Å². The summed E-state index contributed by atoms with van der Waals surface area (Å²) in [4.78, 5) is 15.7. The van der Waals surface area contributed by atoms with Crippen LogP contribution < -0.4 is 10.1 Å². The van der Waals surface area contributed by atoms with Gasteiger partial charge in [0.1, 0.15) is 16.9 Å². The van der Waals surface area contributed by atoms with E-state index in [9.17, 15) is 31.1 Å². The first-order valence-corrected chi connectivity index (χ1v) is 12.2. The third-order valence-electron chi connectivity index (χ3n) is 6.26. The molecule has 0 spiro atoms. The highest BCUT2D eigenvalue weighted by molar-refractivity contribution is 5.93. The van der Waals surface area contributed by atoms with E-state index in [0.29, 0.717) is 42.3 Å². The third kappa shape index (κ3) is 6.59. The molecule has 0 bridgehead atoms. The van der Waals surface area contributed by atoms with Crippen molar-refractivity contribution in [3.63, 3.8) is 0 Å². The normalized spacial score (nSPS) is 13.3. The van der Waals surface area contributed by atoms with Gasteiger partial charge in [-0.25, -0.2) is 0 Å². The Balaban J connectivity index is 2.10. The average molecular weight is 529 g/mol. The molecule has 3 aromatic rings. The van der Waals surface area contributed by atoms with Crippen molar-refractivity contribution in [1.82, 2.24) is 4.98 Å². The van der Waals surface area contributed by atoms with E-state index in [0.717, 1.165) is 12.0 Å². The molecule has 0 radical (unpaired) electrons. The van der Waals surface area contributed by atoms with Crippen LogP contribution in [0.3, 0.4) is 0 Å². The smallest absolute Gasteiger partial charge is 0.420 e. The summed E-state index contributed by atoms with van der Waals surface area (Å²) < 4.78 is 89.5. The zero-order valence-corrected chi connectivity index (χ0v) is 21.0. The Morgan fingerprint density at radius 2 is 1.62 bits per heavy atom. The van der Waals surface area contributed by atoms with Crippen LogP contribution in [0.15, 0.2) is 36.5 Å². The molecule has 0 aliphatic rings. The Kier molecular flexibility index (Phi) is 8.49. The summed E-state index contributed by atoms with van der Waals surface area (Å²) in [6.45, 7) is 7.49. The molecule has 1 heterocycles. The van der Waals surface area contributed by atoms with E-state index in [-0.39, 0.29) is 11.7 Å². The van der Waals surface area contributed by atoms with Crippen LogP contribution in [0.2, 0.25) is 0 Å². The van der Waals surface area contributed by atoms with Crippen LogP contribution in [-0.2, 0) is 17.1 Å². The van der Waals surface area contributed by atoms with Crippen molar-refractivity contribution in [2.24, 2.45) is 5.92 Å². The van der Waals surface area contributed by atoms with Gasteiger partial charge in [-0.15, -0.1) is 0 Å². The number of carbonyl (C=O) groups is 1. The van der Waals surface area contributed by atoms with Gasteiger partial charge in [-0.1, -0.05) is 40.5 Å². The number of hydrogen-bond donors (Lipinski definition) is 2. The minimum atomic E-state index is -5.18. The molecule has 2 N–H and O–H groups in total. The molecule has 2 aromatic carbocycles. The van der Waals surface area contributed by atoms with E-state index >= 15 is 0 Å². The van der Waals surface area contributed by atoms with Gasteiger partial charge in [-0.2, -0.15) is 26.3 Å². The van der Waals surface area contributed by atoms with E-state index in [1.807, 2.05) is 20.8 Å². The number of H-pyrrole nitrogens is 1. The van der Waals surface area contributed by atoms with Crippen LogP contribution >= 0.6 is 0 Å². The number of carbonyl (C=O) groups excluding carboxylic acids is 1. The molecule has 1 unspecified atom stereocenters. The molecule has 1 amide bonds. The van der Waals surface area contributed by atoms with E-state index in [2.05, 4.69) is 10.3 Å². The molecule has 10 heteroatoms. The van der Waals surface area contributed by atoms with E-state index in [1.165, 1.54) is 18.2 Å². The number of aromatic amines is 1. The maximum absolute atomic E-state index is 14.0. The first-order chi connectivity index (χ1) is 17.3. The standard InChI is InChI=1S/C27H30F6N2O2/c1-5-7-8-16(6-2)25(36)35-17-11-21(26(28,29)30)24(22(12-17)27(31,32)33)37-18-9-10-23-19(13-18)20(14-34-23)15(3)4/h9-16,34H,5-8H2,1-4H3,(H,35,36). The number of halogens is 6. The number of unbranched alkanes of at least 4 members (excludes halogenated alkanes) is 1. The molecule has 0 aliphatic carbocycles. The molecule has 0 fully saturated rings. The number of rotatable bonds is 9. The van der Waals surface area contributed by atoms with Gasteiger partial charge < -0.3 is 15.0 Å². The number of benzene rings is 2. The number of anilines is 1. The summed E-state index contributed by atoms with van der Waals surface area (Å²) in [5.74, 6) is -2.62. The minimum Gasteiger partial charge on any atom is -0.456 e. The van der Waals surface area contributed by atoms with Crippen LogP contribution in [0.4, 0.5) is 32.0 Å². The van der Waals surface area contributed by atoms with Crippen molar-refractivity contribution in [2.45, 2.75) is 71.6 Å². The lowest BCUT2D eigenvalue weighted by atomic mass is 9.98. The average Bonchev–Trinajstić information content (AvgIpc) is 3.22. The van der Waals surface area contributed by atoms with Gasteiger partial charge >= 0.3 is 12.4 Å². The highest BCUT2D eigenvalue weighted by atomic mass is 19.4. The predicted molar refractivity (Wildman–Crippen MR) is 131 cm³/mol. The molecule has 202 valence electrons. The van der Waals surface area contributed by atoms with Crippen LogP contribution in [0.1, 0.15) is 76.0 Å². The van der Waals surface area contributed by atoms with Gasteiger partial charge in [0, 0.05) is 28.7 Å². The van der Waals surface area contributed by atoms with Crippen molar-refractivity contribution >= 4 is 22.5 Å². The second-order valence-corrected chi connectivity index (χ2v) is 9.34. The maximum atomic E-state index is 14.0. The van der Waals surface area contributed by atoms with Gasteiger partial charge in [-0.05, 0) is 54.7 Å². The van der Waals surface area contributed by atoms with Crippen molar-refractivity contribution in [2.75, 3.05) is 5.32 Å². The second kappa shape index (κ2) is 11.1. The summed E-state index contributed by atoms with van der Waals surface area (Å²) in [6, 6.07) is 5.23. The minimum absolute atomic E-state index is 0.0626. The number of fused-ring (bicyclic) bond motifs is 1. The number of aromatic nitrogens is 1. The number of ether oxygens (including phenoxy) is 1. The van der Waals surface area contributed by atoms with E-state index in [4.69, 9.17) is 4.74 Å². The summed E-state index contributed by atoms with van der Waals surface area (Å²) in [5.41, 5.74) is -2.32. The molecule has 37 heavy (non-hydrogen) atoms. The lowest BCUT2D eigenvalue weighted by Gasteiger charge is -2.22. The van der Waals surface area contributed by atoms with Crippen molar-refractivity contribution in [3.8, 4) is 11.5 Å². The predicted octanol–water partition coefficient (Wildman–Crippen LogP) is 9.28. The molecule has 0 saturated heterocycles. The fraction of sp³-hybridized carbons (Fsp3) is 0.444. The first kappa shape index (κ1) is 28.4. The summed E-state index contributed by atoms with van der Waals surface area (Å²) in [7, 11) is 0. The van der Waals surface area contributed by atoms with Crippen LogP contribution in [0, 0.1) is 5.92 Å². The zero-order chi connectivity index (χ0) is 27.5. The Hall–Kier alpha value is -3.17. The Labute approximate surface area is 211 Å². The second-order valence-electron chi connectivity index (χ2n) is 9.34. The quantitative estimate of drug-likeness (QED) is 0.272. The van der Waals surface area contributed by atoms with Crippen LogP contribution in [0.25, 0.3) is 10.9 Å². The number of alkyl halides is 6. The summed E-state index contributed by atoms with van der Waals surface area (Å²) in [5, 5.41) is 2.90. The fourth-order valence-corrected chi connectivity index (χ4v) is 4.23. The van der Waals surface area contributed by atoms with Gasteiger partial charge in [0.25, 0.3) is 0 Å². The van der Waals surface area contributed by atoms with E-state index < -0.39 is 46.7 Å². The first-order valence-electron chi connectivity index (χ1n) is 12.2. The third-order valence-corrected chi connectivity index (χ3v) is 6.26. The highest BCUT2D eigenvalue weighted by Gasteiger charge is 2.43. The topological polar surface area (TPSA) is 54.1 Å². The molecular formula is C27H30F6N2O2. The molecule has 3 rings (SSSR count). The number of hydrogen-bond acceptors (Lipinski definition) is 2. The molecule has 0 aliphatic heterocycles. The van der Waals surface area contributed by atoms with Crippen molar-refractivity contribution < 1.29 is 35.9 Å². The van der Waals surface area contributed by atoms with Crippen LogP contribution in [-0.4, -0.2) is 10.9 Å². The summed E-state index contributed by atoms with van der Waals surface area (Å²) >= 11 is 0. The number of amides is 1. The monoisotopic (exact) mass is 528 g/mol. The molecule has 4 nitrogen and oxygen atoms in total. The lowest BCUT2D eigenvalue weighted by Crippen LogP contribution is -2.23. The largest absolute Gasteiger partial charge is 0.456 e. The molecule has 1 atom stereocenters. The zero-order valence-electron chi connectivity index (χ0n) is 21.0.